The van der Waals surface area contributed by atoms with E-state index in [1.54, 1.807) is 26.4 Å². The standard InChI is InChI=1S/C19H25ClN4O2/c1-21-19(22-10-9-15-7-8-18(20)24-13-15)23-11-12-26-14-16-5-3-4-6-17(16)25-2/h3-8,13H,9-12,14H2,1-2H3,(H2,21,22,23). The molecule has 0 aliphatic carbocycles. The van der Waals surface area contributed by atoms with E-state index in [1.165, 1.54) is 0 Å². The zero-order chi connectivity index (χ0) is 18.6. The third kappa shape index (κ3) is 6.90. The van der Waals surface area contributed by atoms with E-state index in [2.05, 4.69) is 20.6 Å². The first-order chi connectivity index (χ1) is 12.7. The van der Waals surface area contributed by atoms with Crippen LogP contribution in [0.5, 0.6) is 5.75 Å². The smallest absolute Gasteiger partial charge is 0.191 e. The number of para-hydroxylation sites is 1. The molecule has 0 atom stereocenters. The Kier molecular flexibility index (Phi) is 8.72. The molecule has 140 valence electrons. The van der Waals surface area contributed by atoms with E-state index in [4.69, 9.17) is 21.1 Å². The molecule has 0 amide bonds. The maximum atomic E-state index is 5.78. The minimum atomic E-state index is 0.507. The van der Waals surface area contributed by atoms with Gasteiger partial charge < -0.3 is 20.1 Å². The highest BCUT2D eigenvalue weighted by molar-refractivity contribution is 6.29. The minimum absolute atomic E-state index is 0.507. The molecule has 0 fully saturated rings. The third-order valence-electron chi connectivity index (χ3n) is 3.71. The van der Waals surface area contributed by atoms with Gasteiger partial charge in [-0.25, -0.2) is 4.98 Å². The normalized spacial score (nSPS) is 11.3. The average Bonchev–Trinajstić information content (AvgIpc) is 2.68. The molecular weight excluding hydrogens is 352 g/mol. The molecule has 1 aromatic carbocycles. The molecule has 0 radical (unpaired) electrons. The number of nitrogens with one attached hydrogen (secondary N) is 2. The van der Waals surface area contributed by atoms with Crippen LogP contribution in [0.15, 0.2) is 47.6 Å². The zero-order valence-corrected chi connectivity index (χ0v) is 15.9. The molecule has 6 nitrogen and oxygen atoms in total. The van der Waals surface area contributed by atoms with Crippen LogP contribution in [0.2, 0.25) is 5.15 Å². The monoisotopic (exact) mass is 376 g/mol. The number of aromatic nitrogens is 1. The molecule has 2 aromatic rings. The SMILES string of the molecule is CN=C(NCCOCc1ccccc1OC)NCCc1ccc(Cl)nc1. The number of nitrogens with zero attached hydrogens (tertiary/aromatic N) is 2. The Hall–Kier alpha value is -2.31. The summed E-state index contributed by atoms with van der Waals surface area (Å²) in [6.45, 7) is 2.50. The van der Waals surface area contributed by atoms with Gasteiger partial charge in [-0.15, -0.1) is 0 Å². The van der Waals surface area contributed by atoms with Gasteiger partial charge in [0.05, 0.1) is 20.3 Å². The number of benzene rings is 1. The molecule has 0 saturated carbocycles. The third-order valence-corrected chi connectivity index (χ3v) is 3.93. The van der Waals surface area contributed by atoms with Crippen molar-refractivity contribution < 1.29 is 9.47 Å². The van der Waals surface area contributed by atoms with E-state index in [0.717, 1.165) is 35.8 Å². The number of hydrogen-bond acceptors (Lipinski definition) is 4. The van der Waals surface area contributed by atoms with Gasteiger partial charge in [-0.2, -0.15) is 0 Å². The van der Waals surface area contributed by atoms with Crippen LogP contribution in [0, 0.1) is 0 Å². The van der Waals surface area contributed by atoms with Gasteiger partial charge in [0.1, 0.15) is 10.9 Å². The number of rotatable bonds is 9. The lowest BCUT2D eigenvalue weighted by Gasteiger charge is -2.13. The lowest BCUT2D eigenvalue weighted by Crippen LogP contribution is -2.39. The average molecular weight is 377 g/mol. The topological polar surface area (TPSA) is 67.8 Å². The minimum Gasteiger partial charge on any atom is -0.496 e. The Labute approximate surface area is 159 Å². The Morgan fingerprint density at radius 2 is 1.96 bits per heavy atom. The first-order valence-electron chi connectivity index (χ1n) is 8.47. The van der Waals surface area contributed by atoms with Crippen molar-refractivity contribution in [2.75, 3.05) is 33.9 Å². The van der Waals surface area contributed by atoms with Crippen LogP contribution in [0.3, 0.4) is 0 Å². The van der Waals surface area contributed by atoms with Gasteiger partial charge in [-0.1, -0.05) is 35.9 Å². The van der Waals surface area contributed by atoms with Crippen molar-refractivity contribution in [1.29, 1.82) is 0 Å². The van der Waals surface area contributed by atoms with Gasteiger partial charge in [0, 0.05) is 31.9 Å². The molecule has 0 aliphatic rings. The summed E-state index contributed by atoms with van der Waals surface area (Å²) in [6.07, 6.45) is 2.63. The molecule has 0 spiro atoms. The van der Waals surface area contributed by atoms with E-state index < -0.39 is 0 Å². The molecule has 2 rings (SSSR count). The lowest BCUT2D eigenvalue weighted by molar-refractivity contribution is 0.123. The second-order valence-electron chi connectivity index (χ2n) is 5.53. The molecule has 0 unspecified atom stereocenters. The van der Waals surface area contributed by atoms with Gasteiger partial charge in [-0.05, 0) is 24.1 Å². The first-order valence-corrected chi connectivity index (χ1v) is 8.85. The molecule has 0 aliphatic heterocycles. The number of methoxy groups -OCH3 is 1. The number of halogens is 1. The van der Waals surface area contributed by atoms with Gasteiger partial charge in [-0.3, -0.25) is 4.99 Å². The molecule has 7 heteroatoms. The van der Waals surface area contributed by atoms with Crippen molar-refractivity contribution in [1.82, 2.24) is 15.6 Å². The second-order valence-corrected chi connectivity index (χ2v) is 5.92. The molecule has 26 heavy (non-hydrogen) atoms. The van der Waals surface area contributed by atoms with Crippen LogP contribution in [-0.4, -0.2) is 44.8 Å². The Bertz CT molecular complexity index is 692. The number of pyridine rings is 1. The number of hydrogen-bond donors (Lipinski definition) is 2. The van der Waals surface area contributed by atoms with Crippen LogP contribution in [-0.2, 0) is 17.8 Å². The summed E-state index contributed by atoms with van der Waals surface area (Å²) in [5.41, 5.74) is 2.16. The van der Waals surface area contributed by atoms with Crippen LogP contribution in [0.4, 0.5) is 0 Å². The number of ether oxygens (including phenoxy) is 2. The maximum absolute atomic E-state index is 5.78. The van der Waals surface area contributed by atoms with E-state index in [1.807, 2.05) is 30.3 Å². The van der Waals surface area contributed by atoms with E-state index in [9.17, 15) is 0 Å². The summed E-state index contributed by atoms with van der Waals surface area (Å²) < 4.78 is 11.0. The summed E-state index contributed by atoms with van der Waals surface area (Å²) >= 11 is 5.78. The first kappa shape index (κ1) is 20.0. The number of guanidine groups is 1. The van der Waals surface area contributed by atoms with Crippen molar-refractivity contribution in [2.24, 2.45) is 4.99 Å². The lowest BCUT2D eigenvalue weighted by atomic mass is 10.2. The van der Waals surface area contributed by atoms with E-state index in [-0.39, 0.29) is 0 Å². The summed E-state index contributed by atoms with van der Waals surface area (Å²) in [6, 6.07) is 11.6. The molecule has 2 N–H and O–H groups in total. The van der Waals surface area contributed by atoms with Crippen molar-refractivity contribution in [3.63, 3.8) is 0 Å². The molecule has 1 heterocycles. The largest absolute Gasteiger partial charge is 0.496 e. The fourth-order valence-electron chi connectivity index (χ4n) is 2.35. The zero-order valence-electron chi connectivity index (χ0n) is 15.2. The van der Waals surface area contributed by atoms with Crippen molar-refractivity contribution in [3.05, 3.63) is 58.9 Å². The molecule has 0 saturated heterocycles. The Balaban J connectivity index is 1.62. The Morgan fingerprint density at radius 1 is 1.15 bits per heavy atom. The summed E-state index contributed by atoms with van der Waals surface area (Å²) in [4.78, 5) is 8.27. The van der Waals surface area contributed by atoms with Crippen LogP contribution >= 0.6 is 11.6 Å². The van der Waals surface area contributed by atoms with Crippen molar-refractivity contribution >= 4 is 17.6 Å². The highest BCUT2D eigenvalue weighted by atomic mass is 35.5. The molecular formula is C19H25ClN4O2. The summed E-state index contributed by atoms with van der Waals surface area (Å²) in [5.74, 6) is 1.59. The van der Waals surface area contributed by atoms with Gasteiger partial charge >= 0.3 is 0 Å². The summed E-state index contributed by atoms with van der Waals surface area (Å²) in [5, 5.41) is 6.99. The fourth-order valence-corrected chi connectivity index (χ4v) is 2.46. The van der Waals surface area contributed by atoms with Gasteiger partial charge in [0.2, 0.25) is 0 Å². The van der Waals surface area contributed by atoms with Crippen LogP contribution in [0.25, 0.3) is 0 Å². The number of aliphatic imine (C=N–C) groups is 1. The Morgan fingerprint density at radius 3 is 2.69 bits per heavy atom. The quantitative estimate of drug-likeness (QED) is 0.305. The predicted octanol–water partition coefficient (Wildman–Crippen LogP) is 2.67. The molecule has 1 aromatic heterocycles. The van der Waals surface area contributed by atoms with E-state index >= 15 is 0 Å². The van der Waals surface area contributed by atoms with Gasteiger partial charge in [0.15, 0.2) is 5.96 Å². The second kappa shape index (κ2) is 11.3. The van der Waals surface area contributed by atoms with Crippen molar-refractivity contribution in [3.8, 4) is 5.75 Å². The predicted molar refractivity (Wildman–Crippen MR) is 105 cm³/mol. The molecule has 0 bridgehead atoms. The highest BCUT2D eigenvalue weighted by Gasteiger charge is 2.02. The fraction of sp³-hybridized carbons (Fsp3) is 0.368. The van der Waals surface area contributed by atoms with Crippen molar-refractivity contribution in [2.45, 2.75) is 13.0 Å². The van der Waals surface area contributed by atoms with Crippen LogP contribution in [0.1, 0.15) is 11.1 Å². The summed E-state index contributed by atoms with van der Waals surface area (Å²) in [7, 11) is 3.41. The highest BCUT2D eigenvalue weighted by Crippen LogP contribution is 2.17. The van der Waals surface area contributed by atoms with Gasteiger partial charge in [0.25, 0.3) is 0 Å². The maximum Gasteiger partial charge on any atom is 0.191 e. The van der Waals surface area contributed by atoms with E-state index in [0.29, 0.717) is 24.9 Å². The van der Waals surface area contributed by atoms with Crippen LogP contribution < -0.4 is 15.4 Å².